The maximum atomic E-state index is 11.5. The average Bonchev–Trinajstić information content (AvgIpc) is 2.65. The highest BCUT2D eigenvalue weighted by atomic mass is 16.4. The van der Waals surface area contributed by atoms with Crippen molar-refractivity contribution in [3.05, 3.63) is 11.1 Å². The molecule has 3 rings (SSSR count). The Hall–Kier alpha value is -0.790. The lowest BCUT2D eigenvalue weighted by Gasteiger charge is -2.61. The zero-order chi connectivity index (χ0) is 13.1. The van der Waals surface area contributed by atoms with Gasteiger partial charge in [0.1, 0.15) is 0 Å². The van der Waals surface area contributed by atoms with Crippen molar-refractivity contribution < 1.29 is 9.90 Å². The summed E-state index contributed by atoms with van der Waals surface area (Å²) in [6, 6.07) is 0. The van der Waals surface area contributed by atoms with Crippen LogP contribution in [-0.4, -0.2) is 11.1 Å². The molecule has 0 heterocycles. The highest BCUT2D eigenvalue weighted by molar-refractivity contribution is 5.88. The van der Waals surface area contributed by atoms with Gasteiger partial charge in [-0.1, -0.05) is 26.3 Å². The summed E-state index contributed by atoms with van der Waals surface area (Å²) in [4.78, 5) is 11.5. The molecule has 2 fully saturated rings. The number of carboxylic acids is 1. The summed E-state index contributed by atoms with van der Waals surface area (Å²) >= 11 is 0. The predicted octanol–water partition coefficient (Wildman–Crippen LogP) is 4.01. The molecule has 0 unspecified atom stereocenters. The van der Waals surface area contributed by atoms with Crippen LogP contribution < -0.4 is 0 Å². The van der Waals surface area contributed by atoms with Gasteiger partial charge in [0.05, 0.1) is 0 Å². The summed E-state index contributed by atoms with van der Waals surface area (Å²) < 4.78 is 0. The van der Waals surface area contributed by atoms with E-state index in [1.54, 1.807) is 0 Å². The Morgan fingerprint density at radius 2 is 1.94 bits per heavy atom. The highest BCUT2D eigenvalue weighted by Gasteiger charge is 2.61. The van der Waals surface area contributed by atoms with E-state index in [2.05, 4.69) is 20.8 Å². The van der Waals surface area contributed by atoms with E-state index in [-0.39, 0.29) is 10.8 Å². The van der Waals surface area contributed by atoms with Gasteiger partial charge in [-0.05, 0) is 55.8 Å². The van der Waals surface area contributed by atoms with E-state index in [1.807, 2.05) is 0 Å². The van der Waals surface area contributed by atoms with Crippen LogP contribution in [0.5, 0.6) is 0 Å². The molecule has 1 spiro atoms. The molecule has 2 saturated carbocycles. The fourth-order valence-corrected chi connectivity index (χ4v) is 5.64. The smallest absolute Gasteiger partial charge is 0.331 e. The van der Waals surface area contributed by atoms with Crippen molar-refractivity contribution in [2.75, 3.05) is 0 Å². The zero-order valence-corrected chi connectivity index (χ0v) is 11.8. The van der Waals surface area contributed by atoms with Crippen molar-refractivity contribution in [1.82, 2.24) is 0 Å². The number of carboxylic acid groups (broad SMARTS) is 1. The standard InChI is InChI=1S/C16H24O2/c1-10-4-5-11-6-7-13-12(14(17)18)8-9-16(10,13)15(11,2)3/h10-11H,4-9H2,1-3H3,(H,17,18)/t10-,11-,16+/m1/s1. The van der Waals surface area contributed by atoms with Gasteiger partial charge in [0, 0.05) is 11.0 Å². The largest absolute Gasteiger partial charge is 0.478 e. The molecular formula is C16H24O2. The van der Waals surface area contributed by atoms with Gasteiger partial charge in [-0.2, -0.15) is 0 Å². The summed E-state index contributed by atoms with van der Waals surface area (Å²) in [6.07, 6.45) is 6.74. The first kappa shape index (κ1) is 12.3. The van der Waals surface area contributed by atoms with Crippen molar-refractivity contribution in [3.63, 3.8) is 0 Å². The number of rotatable bonds is 1. The van der Waals surface area contributed by atoms with Crippen LogP contribution in [0.15, 0.2) is 11.1 Å². The van der Waals surface area contributed by atoms with Crippen molar-refractivity contribution in [2.24, 2.45) is 22.7 Å². The SMILES string of the molecule is C[C@@H]1CC[C@@H]2CCC3=C(C(=O)O)CC[C@@]31C2(C)C. The van der Waals surface area contributed by atoms with Crippen LogP contribution >= 0.6 is 0 Å². The molecule has 3 aliphatic carbocycles. The monoisotopic (exact) mass is 248 g/mol. The molecule has 0 aliphatic heterocycles. The lowest BCUT2D eigenvalue weighted by Crippen LogP contribution is -2.53. The molecule has 0 saturated heterocycles. The van der Waals surface area contributed by atoms with Crippen molar-refractivity contribution in [2.45, 2.75) is 59.3 Å². The van der Waals surface area contributed by atoms with Gasteiger partial charge in [-0.15, -0.1) is 0 Å². The predicted molar refractivity (Wildman–Crippen MR) is 71.2 cm³/mol. The number of carbonyl (C=O) groups is 1. The summed E-state index contributed by atoms with van der Waals surface area (Å²) in [5, 5.41) is 9.44. The molecule has 100 valence electrons. The normalized spacial score (nSPS) is 41.7. The van der Waals surface area contributed by atoms with Gasteiger partial charge in [0.15, 0.2) is 0 Å². The first-order valence-electron chi connectivity index (χ1n) is 7.37. The number of hydrogen-bond acceptors (Lipinski definition) is 1. The molecule has 0 radical (unpaired) electrons. The maximum absolute atomic E-state index is 11.5. The van der Waals surface area contributed by atoms with Crippen molar-refractivity contribution >= 4 is 5.97 Å². The minimum atomic E-state index is -0.658. The van der Waals surface area contributed by atoms with E-state index < -0.39 is 5.97 Å². The van der Waals surface area contributed by atoms with Gasteiger partial charge >= 0.3 is 5.97 Å². The molecule has 2 bridgehead atoms. The van der Waals surface area contributed by atoms with Gasteiger partial charge in [0.25, 0.3) is 0 Å². The minimum Gasteiger partial charge on any atom is -0.478 e. The fourth-order valence-electron chi connectivity index (χ4n) is 5.64. The minimum absolute atomic E-state index is 0.196. The third-order valence-electron chi connectivity index (χ3n) is 6.63. The average molecular weight is 248 g/mol. The van der Waals surface area contributed by atoms with Gasteiger partial charge < -0.3 is 5.11 Å². The molecule has 2 heteroatoms. The summed E-state index contributed by atoms with van der Waals surface area (Å²) in [5.74, 6) is 0.787. The first-order valence-corrected chi connectivity index (χ1v) is 7.37. The fraction of sp³-hybridized carbons (Fsp3) is 0.812. The second-order valence-electron chi connectivity index (χ2n) is 7.17. The third-order valence-corrected chi connectivity index (χ3v) is 6.63. The Labute approximate surface area is 109 Å². The van der Waals surface area contributed by atoms with Crippen LogP contribution in [0.3, 0.4) is 0 Å². The van der Waals surface area contributed by atoms with E-state index in [1.165, 1.54) is 24.8 Å². The maximum Gasteiger partial charge on any atom is 0.331 e. The van der Waals surface area contributed by atoms with E-state index >= 15 is 0 Å². The van der Waals surface area contributed by atoms with E-state index in [0.29, 0.717) is 5.92 Å². The topological polar surface area (TPSA) is 37.3 Å². The van der Waals surface area contributed by atoms with E-state index in [9.17, 15) is 9.90 Å². The Morgan fingerprint density at radius 1 is 1.22 bits per heavy atom. The quantitative estimate of drug-likeness (QED) is 0.761. The Balaban J connectivity index is 2.18. The van der Waals surface area contributed by atoms with Crippen molar-refractivity contribution in [1.29, 1.82) is 0 Å². The number of fused-ring (bicyclic) bond motifs is 1. The molecule has 1 N–H and O–H groups in total. The Morgan fingerprint density at radius 3 is 2.61 bits per heavy atom. The summed E-state index contributed by atoms with van der Waals surface area (Å²) in [7, 11) is 0. The highest BCUT2D eigenvalue weighted by Crippen LogP contribution is 2.69. The lowest BCUT2D eigenvalue weighted by atomic mass is 9.43. The second-order valence-corrected chi connectivity index (χ2v) is 7.17. The van der Waals surface area contributed by atoms with Crippen molar-refractivity contribution in [3.8, 4) is 0 Å². The molecular weight excluding hydrogens is 224 g/mol. The number of allylic oxidation sites excluding steroid dienone is 1. The van der Waals surface area contributed by atoms with Crippen LogP contribution in [0.4, 0.5) is 0 Å². The molecule has 0 amide bonds. The molecule has 0 aromatic rings. The van der Waals surface area contributed by atoms with Crippen LogP contribution in [0.1, 0.15) is 59.3 Å². The zero-order valence-electron chi connectivity index (χ0n) is 11.8. The number of hydrogen-bond donors (Lipinski definition) is 1. The first-order chi connectivity index (χ1) is 8.41. The van der Waals surface area contributed by atoms with Crippen LogP contribution in [0.25, 0.3) is 0 Å². The van der Waals surface area contributed by atoms with Gasteiger partial charge in [0.2, 0.25) is 0 Å². The summed E-state index contributed by atoms with van der Waals surface area (Å²) in [5.41, 5.74) is 2.57. The molecule has 0 aromatic carbocycles. The lowest BCUT2D eigenvalue weighted by molar-refractivity contribution is -0.132. The van der Waals surface area contributed by atoms with Crippen LogP contribution in [-0.2, 0) is 4.79 Å². The molecule has 3 aliphatic rings. The Kier molecular flexibility index (Phi) is 2.46. The van der Waals surface area contributed by atoms with Crippen LogP contribution in [0, 0.1) is 22.7 Å². The van der Waals surface area contributed by atoms with Crippen LogP contribution in [0.2, 0.25) is 0 Å². The Bertz CT molecular complexity index is 432. The second kappa shape index (κ2) is 3.61. The van der Waals surface area contributed by atoms with Gasteiger partial charge in [-0.3, -0.25) is 0 Å². The number of aliphatic carboxylic acids is 1. The molecule has 18 heavy (non-hydrogen) atoms. The van der Waals surface area contributed by atoms with E-state index in [0.717, 1.165) is 30.8 Å². The van der Waals surface area contributed by atoms with Gasteiger partial charge in [-0.25, -0.2) is 4.79 Å². The van der Waals surface area contributed by atoms with E-state index in [4.69, 9.17) is 0 Å². The molecule has 3 atom stereocenters. The summed E-state index contributed by atoms with van der Waals surface area (Å²) in [6.45, 7) is 7.16. The third kappa shape index (κ3) is 1.22. The molecule has 0 aromatic heterocycles. The molecule has 2 nitrogen and oxygen atoms in total.